The van der Waals surface area contributed by atoms with Gasteiger partial charge in [-0.2, -0.15) is 0 Å². The number of alkyl carbamates (subject to hydrolysis) is 1. The molecule has 1 aromatic rings. The molecule has 18 heteroatoms. The van der Waals surface area contributed by atoms with Crippen LogP contribution in [-0.4, -0.2) is 113 Å². The van der Waals surface area contributed by atoms with Crippen molar-refractivity contribution < 1.29 is 48.0 Å². The predicted molar refractivity (Wildman–Crippen MR) is 234 cm³/mol. The molecule has 5 N–H and O–H groups in total. The highest BCUT2D eigenvalue weighted by Crippen LogP contribution is 2.49. The number of aryl methyl sites for hydroxylation is 1. The maximum Gasteiger partial charge on any atom is 0.409 e. The van der Waals surface area contributed by atoms with E-state index in [0.29, 0.717) is 36.4 Å². The fraction of sp³-hybridized carbons (Fsp3) is 0.643. The van der Waals surface area contributed by atoms with Crippen LogP contribution >= 0.6 is 33.2 Å². The van der Waals surface area contributed by atoms with Crippen molar-refractivity contribution in [1.82, 2.24) is 15.6 Å². The van der Waals surface area contributed by atoms with Crippen LogP contribution in [-0.2, 0) is 44.5 Å². The average molecular weight is 897 g/mol. The van der Waals surface area contributed by atoms with Gasteiger partial charge in [-0.3, -0.25) is 25.1 Å². The van der Waals surface area contributed by atoms with Gasteiger partial charge in [0.15, 0.2) is 5.72 Å². The number of carbonyl (C=O) groups excluding carboxylic acids is 5. The molecular weight excluding hydrogens is 834 g/mol. The number of aliphatic hydroxyl groups is 1. The quantitative estimate of drug-likeness (QED) is 0.0367. The first-order valence-corrected chi connectivity index (χ1v) is 22.8. The lowest BCUT2D eigenvalue weighted by atomic mass is 9.83. The molecule has 4 bridgehead atoms. The first kappa shape index (κ1) is 49.3. The van der Waals surface area contributed by atoms with Crippen molar-refractivity contribution in [2.75, 3.05) is 31.9 Å². The summed E-state index contributed by atoms with van der Waals surface area (Å²) in [6.45, 7) is 13.0. The number of rotatable bonds is 13. The summed E-state index contributed by atoms with van der Waals surface area (Å²) < 4.78 is 23.6. The molecule has 60 heavy (non-hydrogen) atoms. The van der Waals surface area contributed by atoms with Crippen LogP contribution in [0, 0.1) is 12.8 Å². The summed E-state index contributed by atoms with van der Waals surface area (Å²) in [6, 6.07) is 2.79. The maximum absolute atomic E-state index is 14.2. The van der Waals surface area contributed by atoms with Gasteiger partial charge in [0.05, 0.1) is 23.2 Å². The van der Waals surface area contributed by atoms with Crippen molar-refractivity contribution in [3.05, 3.63) is 52.1 Å². The number of nitrogens with one attached hydrogen (secondary N) is 2. The molecule has 15 nitrogen and oxygen atoms in total. The van der Waals surface area contributed by atoms with Gasteiger partial charge in [0.2, 0.25) is 17.7 Å². The molecule has 8 atom stereocenters. The Labute approximate surface area is 366 Å². The van der Waals surface area contributed by atoms with Crippen LogP contribution in [0.5, 0.6) is 0 Å². The largest absolute Gasteiger partial charge is 0.457 e. The first-order chi connectivity index (χ1) is 28.0. The molecule has 334 valence electrons. The van der Waals surface area contributed by atoms with Crippen molar-refractivity contribution in [2.24, 2.45) is 11.8 Å². The number of carbonyl (C=O) groups is 5. The molecule has 2 fully saturated rings. The number of fused-ring (bicyclic) bond motifs is 5. The lowest BCUT2D eigenvalue weighted by molar-refractivity contribution is -0.162. The summed E-state index contributed by atoms with van der Waals surface area (Å²) in [6.07, 6.45) is 2.78. The molecule has 0 aliphatic carbocycles. The van der Waals surface area contributed by atoms with Crippen molar-refractivity contribution in [3.63, 3.8) is 0 Å². The van der Waals surface area contributed by atoms with E-state index in [2.05, 4.69) is 10.7 Å². The Balaban J connectivity index is 1.58. The summed E-state index contributed by atoms with van der Waals surface area (Å²) in [5.74, 6) is 3.76. The topological polar surface area (TPSA) is 202 Å². The molecule has 5 unspecified atom stereocenters. The van der Waals surface area contributed by atoms with Crippen molar-refractivity contribution in [2.45, 2.75) is 140 Å². The standard InChI is InChI=1S/C42H62ClN5O10S2/c1-24-13-11-14-31(55-10)42(54)23-30(56-39(53)45-42)26(3)37-41(7,58-37)32(22-35(51)48(9)29-21-28(19-24)20-25(2)36(29)43)57-38(52)27(4)47(8)34(50)16-17-40(5,6)60-59-18-12-15-33(49)46-44/h11,13-14,20-21,26-27,30-32,37,54H,12,15-19,22-23,44H2,1-10H3,(H,45,53)(H,46,49)/b14-11+,24-13+/t26?,27-,30?,31?,32?,37+,41+,42?/m0/s1. The Morgan fingerprint density at radius 1 is 1.23 bits per heavy atom. The minimum atomic E-state index is -1.83. The molecule has 0 radical (unpaired) electrons. The number of anilines is 1. The second-order valence-corrected chi connectivity index (χ2v) is 20.4. The summed E-state index contributed by atoms with van der Waals surface area (Å²) in [7, 11) is 7.85. The summed E-state index contributed by atoms with van der Waals surface area (Å²) in [5, 5.41) is 14.7. The second kappa shape index (κ2) is 20.7. The van der Waals surface area contributed by atoms with Gasteiger partial charge in [0.25, 0.3) is 0 Å². The van der Waals surface area contributed by atoms with Gasteiger partial charge < -0.3 is 33.9 Å². The summed E-state index contributed by atoms with van der Waals surface area (Å²) in [4.78, 5) is 68.8. The molecule has 1 aromatic carbocycles. The number of ether oxygens (including phenoxy) is 4. The Bertz CT molecular complexity index is 1830. The Kier molecular flexibility index (Phi) is 17.0. The van der Waals surface area contributed by atoms with Crippen LogP contribution in [0.2, 0.25) is 5.02 Å². The molecule has 4 rings (SSSR count). The predicted octanol–water partition coefficient (Wildman–Crippen LogP) is 5.52. The average Bonchev–Trinajstić information content (AvgIpc) is 3.89. The highest BCUT2D eigenvalue weighted by atomic mass is 35.5. The van der Waals surface area contributed by atoms with Crippen molar-refractivity contribution in [1.29, 1.82) is 0 Å². The first-order valence-electron chi connectivity index (χ1n) is 20.1. The van der Waals surface area contributed by atoms with E-state index in [1.165, 1.54) is 16.9 Å². The number of amides is 4. The molecule has 3 heterocycles. The molecule has 0 spiro atoms. The lowest BCUT2D eigenvalue weighted by Crippen LogP contribution is -2.63. The van der Waals surface area contributed by atoms with Gasteiger partial charge >= 0.3 is 12.1 Å². The van der Waals surface area contributed by atoms with E-state index in [0.717, 1.165) is 22.5 Å². The second-order valence-electron chi connectivity index (χ2n) is 16.9. The van der Waals surface area contributed by atoms with Gasteiger partial charge in [-0.25, -0.2) is 15.4 Å². The van der Waals surface area contributed by atoms with Crippen LogP contribution in [0.4, 0.5) is 10.5 Å². The number of hydrogen-bond acceptors (Lipinski definition) is 13. The molecule has 3 aliphatic heterocycles. The van der Waals surface area contributed by atoms with E-state index in [4.69, 9.17) is 36.4 Å². The number of likely N-dealkylation sites (N-methyl/N-ethyl adjacent to an activating group) is 1. The van der Waals surface area contributed by atoms with E-state index >= 15 is 0 Å². The lowest BCUT2D eigenvalue weighted by Gasteiger charge is -2.42. The minimum absolute atomic E-state index is 0.0530. The van der Waals surface area contributed by atoms with E-state index in [9.17, 15) is 29.1 Å². The number of esters is 1. The number of nitrogens with two attached hydrogens (primary N) is 1. The van der Waals surface area contributed by atoms with Gasteiger partial charge in [-0.1, -0.05) is 70.0 Å². The van der Waals surface area contributed by atoms with Crippen molar-refractivity contribution >= 4 is 68.7 Å². The third-order valence-corrected chi connectivity index (χ3v) is 15.5. The zero-order valence-corrected chi connectivity index (χ0v) is 38.7. The van der Waals surface area contributed by atoms with E-state index in [1.54, 1.807) is 68.6 Å². The third kappa shape index (κ3) is 12.4. The Morgan fingerprint density at radius 2 is 1.93 bits per heavy atom. The molecule has 2 saturated heterocycles. The number of hydrogen-bond donors (Lipinski definition) is 4. The number of halogens is 1. The number of nitrogens with zero attached hydrogens (tertiary/aromatic N) is 2. The summed E-state index contributed by atoms with van der Waals surface area (Å²) >= 11 is 6.81. The Hall–Kier alpha value is -3.32. The van der Waals surface area contributed by atoms with Gasteiger partial charge in [0, 0.05) is 56.9 Å². The highest BCUT2D eigenvalue weighted by Gasteiger charge is 2.64. The van der Waals surface area contributed by atoms with Gasteiger partial charge in [-0.05, 0) is 78.0 Å². The third-order valence-electron chi connectivity index (χ3n) is 11.5. The number of allylic oxidation sites excluding steroid dienone is 3. The zero-order valence-electron chi connectivity index (χ0n) is 36.3. The smallest absolute Gasteiger partial charge is 0.409 e. The monoisotopic (exact) mass is 895 g/mol. The van der Waals surface area contributed by atoms with Crippen LogP contribution in [0.15, 0.2) is 35.9 Å². The number of methoxy groups -OCH3 is 1. The van der Waals surface area contributed by atoms with Crippen molar-refractivity contribution in [3.8, 4) is 0 Å². The maximum atomic E-state index is 14.2. The fourth-order valence-corrected chi connectivity index (χ4v) is 10.3. The van der Waals surface area contributed by atoms with E-state index in [-0.39, 0.29) is 35.8 Å². The zero-order chi connectivity index (χ0) is 44.7. The molecule has 3 aliphatic rings. The van der Waals surface area contributed by atoms with E-state index < -0.39 is 65.7 Å². The molecular formula is C42H62ClN5O10S2. The minimum Gasteiger partial charge on any atom is -0.457 e. The normalized spacial score (nSPS) is 29.2. The molecule has 4 amide bonds. The number of hydrazine groups is 1. The van der Waals surface area contributed by atoms with E-state index in [1.807, 2.05) is 45.9 Å². The Morgan fingerprint density at radius 3 is 2.60 bits per heavy atom. The number of benzene rings is 1. The van der Waals surface area contributed by atoms with Gasteiger partial charge in [0.1, 0.15) is 30.0 Å². The summed E-state index contributed by atoms with van der Waals surface area (Å²) in [5.41, 5.74) is 2.20. The fourth-order valence-electron chi connectivity index (χ4n) is 7.45. The number of epoxide rings is 1. The van der Waals surface area contributed by atoms with Crippen LogP contribution < -0.4 is 21.5 Å². The van der Waals surface area contributed by atoms with Crippen LogP contribution in [0.3, 0.4) is 0 Å². The SMILES string of the molecule is COC1/C=C/C=C(\C)Cc2cc(C)c(Cl)c(c2)N(C)C(=O)CC(OC(=O)[C@H](C)N(C)C(=O)CCC(C)(C)SSCCCC(=O)NN)[C@@]2(C)O[C@@H]2C(C)C2CC1(O)NC(=O)O2. The highest BCUT2D eigenvalue weighted by molar-refractivity contribution is 8.77. The van der Waals surface area contributed by atoms with Crippen LogP contribution in [0.25, 0.3) is 0 Å². The molecule has 0 saturated carbocycles. The molecule has 0 aromatic heterocycles. The van der Waals surface area contributed by atoms with Crippen LogP contribution in [0.1, 0.15) is 91.2 Å². The van der Waals surface area contributed by atoms with Gasteiger partial charge in [-0.15, -0.1) is 0 Å².